The quantitative estimate of drug-likeness (QED) is 0.0199. The molecule has 0 aromatic carbocycles. The Morgan fingerprint density at radius 1 is 0.398 bits per heavy atom. The van der Waals surface area contributed by atoms with E-state index in [2.05, 4.69) is 116 Å². The molecule has 3 saturated heterocycles. The summed E-state index contributed by atoms with van der Waals surface area (Å²) in [7, 11) is 0. The molecule has 3 aliphatic rings. The molecule has 12 N–H and O–H groups in total. The van der Waals surface area contributed by atoms with Crippen LogP contribution in [-0.4, -0.2) is 193 Å². The molecule has 0 saturated carbocycles. The summed E-state index contributed by atoms with van der Waals surface area (Å²) in [5.74, 6) is -0.249. The Bertz CT molecular complexity index is 2060. The third-order valence-electron chi connectivity index (χ3n) is 17.4. The predicted molar refractivity (Wildman–Crippen MR) is 364 cm³/mol. The zero-order valence-electron chi connectivity index (χ0n) is 56.7. The van der Waals surface area contributed by atoms with Gasteiger partial charge in [0.15, 0.2) is 18.9 Å². The highest BCUT2D eigenvalue weighted by atomic mass is 16.8. The maximum Gasteiger partial charge on any atom is 0.220 e. The van der Waals surface area contributed by atoms with Gasteiger partial charge in [0.2, 0.25) is 5.91 Å². The van der Waals surface area contributed by atoms with E-state index in [0.717, 1.165) is 103 Å². The fourth-order valence-electron chi connectivity index (χ4n) is 11.6. The standard InChI is InChI=1S/C74H127NO18/c1-3-5-7-9-11-13-14-15-16-17-18-19-20-21-22-23-24-25-26-27-28-29-30-31-32-33-34-35-36-37-38-39-40-41-42-44-46-48-50-52-62(80)75-57(58(79)51-49-47-45-43-12-10-8-6-4-2)56-88-72-68(86)65(83)70(60(54-77)90-72)93-74-69(87)66(84)71(61(55-78)91-74)92-73-67(85)64(82)63(81)59(53-76)89-73/h5,7,11,13,15-16,18-19,21-22,24-25,27-28,30-31,57-61,63-74,76-79,81-87H,3-4,6,8-10,12,14,17,20,23,26,29,32-56H2,1-2H3,(H,75,80)/b7-5-,13-11-,16-15-,19-18-,22-21-,25-24-,28-27-,31-30-. The number of ether oxygens (including phenoxy) is 6. The number of carbonyl (C=O) groups is 1. The van der Waals surface area contributed by atoms with Crippen molar-refractivity contribution in [2.45, 2.75) is 336 Å². The minimum Gasteiger partial charge on any atom is -0.394 e. The van der Waals surface area contributed by atoms with E-state index in [1.807, 2.05) is 0 Å². The second-order valence-corrected chi connectivity index (χ2v) is 25.3. The first-order chi connectivity index (χ1) is 45.3. The van der Waals surface area contributed by atoms with Gasteiger partial charge in [0.1, 0.15) is 73.2 Å². The molecule has 17 unspecified atom stereocenters. The zero-order valence-corrected chi connectivity index (χ0v) is 56.7. The summed E-state index contributed by atoms with van der Waals surface area (Å²) in [5, 5.41) is 120. The van der Waals surface area contributed by atoms with Crippen LogP contribution < -0.4 is 5.32 Å². The van der Waals surface area contributed by atoms with Crippen LogP contribution in [0, 0.1) is 0 Å². The lowest BCUT2D eigenvalue weighted by Crippen LogP contribution is -2.66. The first-order valence-electron chi connectivity index (χ1n) is 36.0. The molecule has 3 fully saturated rings. The Kier molecular flexibility index (Phi) is 49.4. The second-order valence-electron chi connectivity index (χ2n) is 25.3. The largest absolute Gasteiger partial charge is 0.394 e. The summed E-state index contributed by atoms with van der Waals surface area (Å²) in [6.45, 7) is 1.64. The number of aliphatic hydroxyl groups is 11. The van der Waals surface area contributed by atoms with Crippen molar-refractivity contribution in [3.05, 3.63) is 97.2 Å². The van der Waals surface area contributed by atoms with E-state index in [9.17, 15) is 61.0 Å². The molecule has 0 radical (unpaired) electrons. The van der Waals surface area contributed by atoms with E-state index in [1.165, 1.54) is 96.3 Å². The molecule has 19 nitrogen and oxygen atoms in total. The van der Waals surface area contributed by atoms with E-state index < -0.39 is 124 Å². The lowest BCUT2D eigenvalue weighted by molar-refractivity contribution is -0.379. The predicted octanol–water partition coefficient (Wildman–Crippen LogP) is 10.0. The number of nitrogens with one attached hydrogen (secondary N) is 1. The molecule has 0 bridgehead atoms. The highest BCUT2D eigenvalue weighted by Gasteiger charge is 2.53. The number of amides is 1. The molecule has 17 atom stereocenters. The maximum atomic E-state index is 13.4. The van der Waals surface area contributed by atoms with Gasteiger partial charge in [-0.15, -0.1) is 0 Å². The fourth-order valence-corrected chi connectivity index (χ4v) is 11.6. The van der Waals surface area contributed by atoms with Crippen LogP contribution in [-0.2, 0) is 33.2 Å². The lowest BCUT2D eigenvalue weighted by atomic mass is 9.96. The SMILES string of the molecule is CC/C=C\C/C=C\C/C=C\C/C=C\C/C=C\C/C=C\C/C=C\C/C=C\CCCCCCCCCCCCCCCCC(=O)NC(COC1OC(CO)C(OC2OC(CO)C(OC3OC(CO)C(O)C(O)C3O)C(O)C2O)C(O)C1O)C(O)CCCCCCCCCCC. The van der Waals surface area contributed by atoms with E-state index >= 15 is 0 Å². The van der Waals surface area contributed by atoms with Crippen molar-refractivity contribution in [1.29, 1.82) is 0 Å². The molecular formula is C74H127NO18. The van der Waals surface area contributed by atoms with Crippen LogP contribution >= 0.6 is 0 Å². The molecule has 0 aliphatic carbocycles. The number of unbranched alkanes of at least 4 members (excludes halogenated alkanes) is 22. The zero-order chi connectivity index (χ0) is 67.5. The summed E-state index contributed by atoms with van der Waals surface area (Å²) in [5.41, 5.74) is 0. The number of carbonyl (C=O) groups excluding carboxylic acids is 1. The molecule has 0 spiro atoms. The fraction of sp³-hybridized carbons (Fsp3) is 0.770. The number of rotatable bonds is 54. The highest BCUT2D eigenvalue weighted by molar-refractivity contribution is 5.76. The van der Waals surface area contributed by atoms with Gasteiger partial charge in [-0.05, 0) is 77.0 Å². The van der Waals surface area contributed by atoms with Crippen molar-refractivity contribution in [2.24, 2.45) is 0 Å². The second kappa shape index (κ2) is 54.7. The maximum absolute atomic E-state index is 13.4. The van der Waals surface area contributed by atoms with E-state index in [4.69, 9.17) is 28.4 Å². The molecule has 3 aliphatic heterocycles. The van der Waals surface area contributed by atoms with Crippen LogP contribution in [0.3, 0.4) is 0 Å². The monoisotopic (exact) mass is 1320 g/mol. The smallest absolute Gasteiger partial charge is 0.220 e. The normalized spacial score (nSPS) is 28.1. The Labute approximate surface area is 558 Å². The van der Waals surface area contributed by atoms with Gasteiger partial charge in [0.25, 0.3) is 0 Å². The third kappa shape index (κ3) is 36.2. The molecule has 0 aromatic heterocycles. The Morgan fingerprint density at radius 2 is 0.742 bits per heavy atom. The molecule has 93 heavy (non-hydrogen) atoms. The van der Waals surface area contributed by atoms with E-state index in [1.54, 1.807) is 0 Å². The molecule has 19 heteroatoms. The lowest BCUT2D eigenvalue weighted by Gasteiger charge is -2.48. The summed E-state index contributed by atoms with van der Waals surface area (Å²) in [6.07, 6.45) is 45.3. The summed E-state index contributed by atoms with van der Waals surface area (Å²) in [4.78, 5) is 13.4. The van der Waals surface area contributed by atoms with Crippen molar-refractivity contribution in [1.82, 2.24) is 5.32 Å². The number of aliphatic hydroxyl groups excluding tert-OH is 11. The van der Waals surface area contributed by atoms with E-state index in [-0.39, 0.29) is 18.9 Å². The minimum absolute atomic E-state index is 0.249. The van der Waals surface area contributed by atoms with E-state index in [0.29, 0.717) is 12.8 Å². The van der Waals surface area contributed by atoms with Crippen LogP contribution in [0.2, 0.25) is 0 Å². The average Bonchev–Trinajstić information content (AvgIpc) is 0.828. The van der Waals surface area contributed by atoms with Gasteiger partial charge in [0, 0.05) is 6.42 Å². The summed E-state index contributed by atoms with van der Waals surface area (Å²) < 4.78 is 34.3. The van der Waals surface area contributed by atoms with Gasteiger partial charge in [-0.1, -0.05) is 246 Å². The van der Waals surface area contributed by atoms with Gasteiger partial charge in [-0.25, -0.2) is 0 Å². The Balaban J connectivity index is 1.29. The van der Waals surface area contributed by atoms with Crippen LogP contribution in [0.15, 0.2) is 97.2 Å². The van der Waals surface area contributed by atoms with Gasteiger partial charge >= 0.3 is 0 Å². The van der Waals surface area contributed by atoms with Crippen LogP contribution in [0.1, 0.15) is 232 Å². The number of hydrogen-bond donors (Lipinski definition) is 12. The Hall–Kier alpha value is -3.29. The van der Waals surface area contributed by atoms with Crippen molar-refractivity contribution in [3.8, 4) is 0 Å². The molecule has 536 valence electrons. The minimum atomic E-state index is -1.97. The number of hydrogen-bond acceptors (Lipinski definition) is 18. The van der Waals surface area contributed by atoms with Crippen molar-refractivity contribution in [2.75, 3.05) is 26.4 Å². The summed E-state index contributed by atoms with van der Waals surface area (Å²) >= 11 is 0. The van der Waals surface area contributed by atoms with Gasteiger partial charge < -0.3 is 89.9 Å². The average molecular weight is 1320 g/mol. The van der Waals surface area contributed by atoms with Gasteiger partial charge in [0.05, 0.1) is 38.6 Å². The first kappa shape index (κ1) is 83.9. The van der Waals surface area contributed by atoms with Crippen molar-refractivity contribution in [3.63, 3.8) is 0 Å². The van der Waals surface area contributed by atoms with Crippen LogP contribution in [0.5, 0.6) is 0 Å². The van der Waals surface area contributed by atoms with Gasteiger partial charge in [-0.3, -0.25) is 4.79 Å². The third-order valence-corrected chi connectivity index (χ3v) is 17.4. The van der Waals surface area contributed by atoms with Crippen LogP contribution in [0.25, 0.3) is 0 Å². The van der Waals surface area contributed by atoms with Crippen LogP contribution in [0.4, 0.5) is 0 Å². The molecule has 3 rings (SSSR count). The summed E-state index contributed by atoms with van der Waals surface area (Å²) in [6, 6.07) is -0.890. The molecule has 1 amide bonds. The topological polar surface area (TPSA) is 307 Å². The first-order valence-corrected chi connectivity index (χ1v) is 36.0. The molecular weight excluding hydrogens is 1190 g/mol. The van der Waals surface area contributed by atoms with Crippen molar-refractivity contribution < 1.29 is 89.4 Å². The molecule has 0 aromatic rings. The Morgan fingerprint density at radius 3 is 1.16 bits per heavy atom. The number of allylic oxidation sites excluding steroid dienone is 16. The van der Waals surface area contributed by atoms with Gasteiger partial charge in [-0.2, -0.15) is 0 Å². The van der Waals surface area contributed by atoms with Crippen molar-refractivity contribution >= 4 is 5.91 Å². The molecule has 3 heterocycles. The highest BCUT2D eigenvalue weighted by Crippen LogP contribution is 2.33.